The first kappa shape index (κ1) is 23.2. The first-order chi connectivity index (χ1) is 12.6. The smallest absolute Gasteiger partial charge is 0.317 e. The van der Waals surface area contributed by atoms with Gasteiger partial charge in [-0.05, 0) is 44.3 Å². The topological polar surface area (TPSA) is 64.7 Å². The Bertz CT molecular complexity index is 562. The fraction of sp³-hybridized carbons (Fsp3) is 0.600. The summed E-state index contributed by atoms with van der Waals surface area (Å²) in [4.78, 5) is 28.0. The first-order valence-corrected chi connectivity index (χ1v) is 9.55. The number of piperidine rings is 1. The van der Waals surface area contributed by atoms with Gasteiger partial charge in [0.05, 0.1) is 0 Å². The van der Waals surface area contributed by atoms with E-state index in [4.69, 9.17) is 0 Å². The largest absolute Gasteiger partial charge is 0.343 e. The Morgan fingerprint density at radius 1 is 1.15 bits per heavy atom. The highest BCUT2D eigenvalue weighted by atomic mass is 35.5. The lowest BCUT2D eigenvalue weighted by molar-refractivity contribution is -0.132. The molecule has 0 aromatic heterocycles. The van der Waals surface area contributed by atoms with Crippen LogP contribution in [0.4, 0.5) is 4.79 Å². The minimum Gasteiger partial charge on any atom is -0.343 e. The van der Waals surface area contributed by atoms with Crippen LogP contribution in [-0.4, -0.2) is 62.0 Å². The van der Waals surface area contributed by atoms with Crippen molar-refractivity contribution in [2.24, 2.45) is 5.92 Å². The molecule has 1 aliphatic heterocycles. The van der Waals surface area contributed by atoms with Crippen LogP contribution in [0.2, 0.25) is 0 Å². The van der Waals surface area contributed by atoms with E-state index in [2.05, 4.69) is 10.6 Å². The van der Waals surface area contributed by atoms with Crippen molar-refractivity contribution < 1.29 is 9.59 Å². The van der Waals surface area contributed by atoms with E-state index in [0.717, 1.165) is 44.0 Å². The van der Waals surface area contributed by atoms with Crippen molar-refractivity contribution >= 4 is 24.3 Å². The maximum Gasteiger partial charge on any atom is 0.317 e. The molecule has 2 N–H and O–H groups in total. The summed E-state index contributed by atoms with van der Waals surface area (Å²) in [6.07, 6.45) is 3.72. The number of carbonyl (C=O) groups is 2. The third-order valence-corrected chi connectivity index (χ3v) is 4.99. The number of carbonyl (C=O) groups excluding carboxylic acids is 2. The first-order valence-electron chi connectivity index (χ1n) is 9.55. The zero-order valence-electron chi connectivity index (χ0n) is 16.4. The molecular formula is C20H33ClN4O2. The second-order valence-electron chi connectivity index (χ2n) is 7.04. The second-order valence-corrected chi connectivity index (χ2v) is 7.04. The molecule has 1 fully saturated rings. The molecule has 1 aromatic rings. The number of hydrogen-bond acceptors (Lipinski definition) is 3. The van der Waals surface area contributed by atoms with Gasteiger partial charge in [0, 0.05) is 39.6 Å². The van der Waals surface area contributed by atoms with Crippen LogP contribution in [-0.2, 0) is 11.3 Å². The number of halogens is 1. The number of urea groups is 1. The van der Waals surface area contributed by atoms with E-state index in [0.29, 0.717) is 19.5 Å². The summed E-state index contributed by atoms with van der Waals surface area (Å²) >= 11 is 0. The SMILES string of the molecule is CNCCC1CCN(C(=O)CCNC(=O)N(C)Cc2ccccc2)CC1.Cl. The van der Waals surface area contributed by atoms with Crippen LogP contribution in [0.5, 0.6) is 0 Å². The van der Waals surface area contributed by atoms with Gasteiger partial charge in [-0.25, -0.2) is 4.79 Å². The summed E-state index contributed by atoms with van der Waals surface area (Å²) in [5.74, 6) is 0.862. The Kier molecular flexibility index (Phi) is 10.8. The van der Waals surface area contributed by atoms with Crippen LogP contribution in [0.3, 0.4) is 0 Å². The van der Waals surface area contributed by atoms with Crippen molar-refractivity contribution in [1.82, 2.24) is 20.4 Å². The molecule has 1 saturated heterocycles. The van der Waals surface area contributed by atoms with Gasteiger partial charge in [0.25, 0.3) is 0 Å². The van der Waals surface area contributed by atoms with Gasteiger partial charge in [0.1, 0.15) is 0 Å². The van der Waals surface area contributed by atoms with Crippen molar-refractivity contribution in [1.29, 1.82) is 0 Å². The molecule has 152 valence electrons. The molecule has 2 rings (SSSR count). The van der Waals surface area contributed by atoms with Gasteiger partial charge in [-0.3, -0.25) is 4.79 Å². The maximum atomic E-state index is 12.3. The number of nitrogens with one attached hydrogen (secondary N) is 2. The number of hydrogen-bond donors (Lipinski definition) is 2. The zero-order chi connectivity index (χ0) is 18.8. The monoisotopic (exact) mass is 396 g/mol. The third kappa shape index (κ3) is 8.18. The van der Waals surface area contributed by atoms with E-state index in [9.17, 15) is 9.59 Å². The molecule has 1 aromatic carbocycles. The second kappa shape index (κ2) is 12.6. The van der Waals surface area contributed by atoms with Crippen LogP contribution in [0.15, 0.2) is 30.3 Å². The van der Waals surface area contributed by atoms with Crippen molar-refractivity contribution in [3.05, 3.63) is 35.9 Å². The third-order valence-electron chi connectivity index (χ3n) is 4.99. The lowest BCUT2D eigenvalue weighted by Gasteiger charge is -2.32. The van der Waals surface area contributed by atoms with Gasteiger partial charge in [0.15, 0.2) is 0 Å². The minimum absolute atomic E-state index is 0. The molecule has 27 heavy (non-hydrogen) atoms. The Balaban J connectivity index is 0.00000364. The van der Waals surface area contributed by atoms with Gasteiger partial charge in [-0.15, -0.1) is 12.4 Å². The molecule has 3 amide bonds. The molecule has 6 nitrogen and oxygen atoms in total. The lowest BCUT2D eigenvalue weighted by Crippen LogP contribution is -2.42. The average molecular weight is 397 g/mol. The van der Waals surface area contributed by atoms with Crippen LogP contribution in [0.1, 0.15) is 31.2 Å². The molecule has 0 unspecified atom stereocenters. The fourth-order valence-corrected chi connectivity index (χ4v) is 3.32. The molecular weight excluding hydrogens is 364 g/mol. The van der Waals surface area contributed by atoms with E-state index >= 15 is 0 Å². The quantitative estimate of drug-likeness (QED) is 0.709. The highest BCUT2D eigenvalue weighted by molar-refractivity contribution is 5.85. The average Bonchev–Trinajstić information content (AvgIpc) is 2.67. The number of likely N-dealkylation sites (tertiary alicyclic amines) is 1. The standard InChI is InChI=1S/C20H32N4O2.ClH/c1-21-12-8-17-10-14-24(15-11-17)19(25)9-13-22-20(26)23(2)16-18-6-4-3-5-7-18;/h3-7,17,21H,8-16H2,1-2H3,(H,22,26);1H. The molecule has 0 saturated carbocycles. The molecule has 1 heterocycles. The van der Waals surface area contributed by atoms with Gasteiger partial charge < -0.3 is 20.4 Å². The van der Waals surface area contributed by atoms with E-state index < -0.39 is 0 Å². The van der Waals surface area contributed by atoms with Crippen LogP contribution in [0, 0.1) is 5.92 Å². The molecule has 0 spiro atoms. The number of amides is 3. The molecule has 7 heteroatoms. The van der Waals surface area contributed by atoms with Crippen LogP contribution in [0.25, 0.3) is 0 Å². The minimum atomic E-state index is -0.146. The fourth-order valence-electron chi connectivity index (χ4n) is 3.32. The Morgan fingerprint density at radius 2 is 1.81 bits per heavy atom. The number of benzene rings is 1. The predicted octanol–water partition coefficient (Wildman–Crippen LogP) is 2.49. The molecule has 0 bridgehead atoms. The summed E-state index contributed by atoms with van der Waals surface area (Å²) in [7, 11) is 3.74. The molecule has 0 atom stereocenters. The summed E-state index contributed by atoms with van der Waals surface area (Å²) in [6, 6.07) is 9.72. The summed E-state index contributed by atoms with van der Waals surface area (Å²) in [5.41, 5.74) is 1.09. The van der Waals surface area contributed by atoms with E-state index in [1.54, 1.807) is 11.9 Å². The normalized spacial score (nSPS) is 14.4. The summed E-state index contributed by atoms with van der Waals surface area (Å²) < 4.78 is 0. The number of rotatable bonds is 8. The van der Waals surface area contributed by atoms with Gasteiger partial charge in [-0.2, -0.15) is 0 Å². The van der Waals surface area contributed by atoms with Crippen molar-refractivity contribution in [2.45, 2.75) is 32.2 Å². The highest BCUT2D eigenvalue weighted by Gasteiger charge is 2.22. The van der Waals surface area contributed by atoms with Gasteiger partial charge in [-0.1, -0.05) is 30.3 Å². The Hall–Kier alpha value is -1.79. The van der Waals surface area contributed by atoms with E-state index in [1.165, 1.54) is 6.42 Å². The van der Waals surface area contributed by atoms with Crippen LogP contribution < -0.4 is 10.6 Å². The Labute approximate surface area is 169 Å². The molecule has 0 radical (unpaired) electrons. The van der Waals surface area contributed by atoms with Gasteiger partial charge in [0.2, 0.25) is 5.91 Å². The number of nitrogens with zero attached hydrogens (tertiary/aromatic N) is 2. The predicted molar refractivity (Wildman–Crippen MR) is 111 cm³/mol. The van der Waals surface area contributed by atoms with E-state index in [-0.39, 0.29) is 24.3 Å². The van der Waals surface area contributed by atoms with Crippen molar-refractivity contribution in [3.63, 3.8) is 0 Å². The highest BCUT2D eigenvalue weighted by Crippen LogP contribution is 2.20. The van der Waals surface area contributed by atoms with Crippen molar-refractivity contribution in [2.75, 3.05) is 40.3 Å². The van der Waals surface area contributed by atoms with Gasteiger partial charge >= 0.3 is 6.03 Å². The molecule has 0 aliphatic carbocycles. The van der Waals surface area contributed by atoms with E-state index in [1.807, 2.05) is 42.3 Å². The Morgan fingerprint density at radius 3 is 2.44 bits per heavy atom. The zero-order valence-corrected chi connectivity index (χ0v) is 17.3. The summed E-state index contributed by atoms with van der Waals surface area (Å²) in [5, 5.41) is 6.03. The molecule has 1 aliphatic rings. The van der Waals surface area contributed by atoms with Crippen LogP contribution >= 0.6 is 12.4 Å². The summed E-state index contributed by atoms with van der Waals surface area (Å²) in [6.45, 7) is 3.67. The lowest BCUT2D eigenvalue weighted by atomic mass is 9.93. The van der Waals surface area contributed by atoms with Crippen molar-refractivity contribution in [3.8, 4) is 0 Å². The maximum absolute atomic E-state index is 12.3.